The summed E-state index contributed by atoms with van der Waals surface area (Å²) >= 11 is 0. The fourth-order valence-electron chi connectivity index (χ4n) is 2.88. The van der Waals surface area contributed by atoms with Crippen LogP contribution in [0.3, 0.4) is 0 Å². The zero-order valence-electron chi connectivity index (χ0n) is 12.2. The Labute approximate surface area is 124 Å². The SMILES string of the molecule is COc1ccc(CN2CCCCC2CC(=O)O)cc1C#N. The fourth-order valence-corrected chi connectivity index (χ4v) is 2.88. The molecule has 1 atom stereocenters. The predicted molar refractivity (Wildman–Crippen MR) is 78.0 cm³/mol. The van der Waals surface area contributed by atoms with Crippen LogP contribution < -0.4 is 4.74 Å². The molecule has 1 unspecified atom stereocenters. The number of rotatable bonds is 5. The van der Waals surface area contributed by atoms with E-state index in [-0.39, 0.29) is 12.5 Å². The van der Waals surface area contributed by atoms with Gasteiger partial charge in [-0.25, -0.2) is 0 Å². The van der Waals surface area contributed by atoms with Crippen LogP contribution in [0.2, 0.25) is 0 Å². The van der Waals surface area contributed by atoms with Gasteiger partial charge in [-0.15, -0.1) is 0 Å². The first-order chi connectivity index (χ1) is 10.1. The zero-order valence-corrected chi connectivity index (χ0v) is 12.2. The molecule has 0 aromatic heterocycles. The molecule has 1 saturated heterocycles. The molecule has 1 aliphatic heterocycles. The Bertz CT molecular complexity index is 551. The largest absolute Gasteiger partial charge is 0.495 e. The number of hydrogen-bond donors (Lipinski definition) is 1. The van der Waals surface area contributed by atoms with Crippen LogP contribution in [0.4, 0.5) is 0 Å². The van der Waals surface area contributed by atoms with Gasteiger partial charge < -0.3 is 9.84 Å². The average Bonchev–Trinajstić information content (AvgIpc) is 2.48. The standard InChI is InChI=1S/C16H20N2O3/c1-21-15-6-5-12(8-13(15)10-17)11-18-7-3-2-4-14(18)9-16(19)20/h5-6,8,14H,2-4,7,9,11H2,1H3,(H,19,20). The molecule has 0 amide bonds. The number of ether oxygens (including phenoxy) is 1. The normalized spacial score (nSPS) is 19.0. The summed E-state index contributed by atoms with van der Waals surface area (Å²) in [5, 5.41) is 18.1. The number of nitrogens with zero attached hydrogens (tertiary/aromatic N) is 2. The minimum Gasteiger partial charge on any atom is -0.495 e. The van der Waals surface area contributed by atoms with Gasteiger partial charge >= 0.3 is 5.97 Å². The quantitative estimate of drug-likeness (QED) is 0.900. The van der Waals surface area contributed by atoms with E-state index in [2.05, 4.69) is 11.0 Å². The van der Waals surface area contributed by atoms with Gasteiger partial charge in [0, 0.05) is 12.6 Å². The molecular formula is C16H20N2O3. The predicted octanol–water partition coefficient (Wildman–Crippen LogP) is 2.40. The van der Waals surface area contributed by atoms with Crippen molar-refractivity contribution in [3.63, 3.8) is 0 Å². The maximum atomic E-state index is 11.0. The molecule has 1 aromatic carbocycles. The summed E-state index contributed by atoms with van der Waals surface area (Å²) in [6, 6.07) is 7.77. The van der Waals surface area contributed by atoms with E-state index in [9.17, 15) is 4.79 Å². The third-order valence-electron chi connectivity index (χ3n) is 3.93. The summed E-state index contributed by atoms with van der Waals surface area (Å²) < 4.78 is 5.14. The van der Waals surface area contributed by atoms with Gasteiger partial charge in [0.1, 0.15) is 11.8 Å². The number of piperidine rings is 1. The van der Waals surface area contributed by atoms with E-state index in [1.165, 1.54) is 0 Å². The molecule has 1 fully saturated rings. The maximum absolute atomic E-state index is 11.0. The van der Waals surface area contributed by atoms with Crippen LogP contribution in [0.1, 0.15) is 36.8 Å². The van der Waals surface area contributed by atoms with Gasteiger partial charge in [-0.1, -0.05) is 12.5 Å². The highest BCUT2D eigenvalue weighted by Gasteiger charge is 2.24. The van der Waals surface area contributed by atoms with Crippen molar-refractivity contribution in [2.75, 3.05) is 13.7 Å². The summed E-state index contributed by atoms with van der Waals surface area (Å²) in [7, 11) is 1.55. The minimum atomic E-state index is -0.751. The van der Waals surface area contributed by atoms with Crippen LogP contribution in [0.15, 0.2) is 18.2 Å². The number of benzene rings is 1. The van der Waals surface area contributed by atoms with Gasteiger partial charge in [0.05, 0.1) is 19.1 Å². The van der Waals surface area contributed by atoms with Crippen molar-refractivity contribution in [2.24, 2.45) is 0 Å². The Kier molecular flexibility index (Phi) is 5.18. The molecule has 0 aliphatic carbocycles. The molecule has 1 heterocycles. The number of carbonyl (C=O) groups is 1. The number of aliphatic carboxylic acids is 1. The average molecular weight is 288 g/mol. The Morgan fingerprint density at radius 2 is 2.33 bits per heavy atom. The summed E-state index contributed by atoms with van der Waals surface area (Å²) in [4.78, 5) is 13.2. The van der Waals surface area contributed by atoms with Crippen molar-refractivity contribution >= 4 is 5.97 Å². The van der Waals surface area contributed by atoms with Gasteiger partial charge in [-0.3, -0.25) is 9.69 Å². The van der Waals surface area contributed by atoms with E-state index in [1.54, 1.807) is 13.2 Å². The number of carboxylic acid groups (broad SMARTS) is 1. The van der Waals surface area contributed by atoms with E-state index in [1.807, 2.05) is 12.1 Å². The Morgan fingerprint density at radius 1 is 1.52 bits per heavy atom. The van der Waals surface area contributed by atoms with Crippen LogP contribution in [-0.2, 0) is 11.3 Å². The minimum absolute atomic E-state index is 0.0869. The van der Waals surface area contributed by atoms with Gasteiger partial charge in [0.2, 0.25) is 0 Å². The maximum Gasteiger partial charge on any atom is 0.304 e. The molecule has 1 aromatic rings. The summed E-state index contributed by atoms with van der Waals surface area (Å²) in [6.07, 6.45) is 3.28. The molecule has 0 spiro atoms. The molecule has 5 heteroatoms. The molecule has 0 bridgehead atoms. The van der Waals surface area contributed by atoms with Crippen LogP contribution in [-0.4, -0.2) is 35.7 Å². The summed E-state index contributed by atoms with van der Waals surface area (Å²) in [5.41, 5.74) is 1.53. The third-order valence-corrected chi connectivity index (χ3v) is 3.93. The first-order valence-corrected chi connectivity index (χ1v) is 7.17. The number of likely N-dealkylation sites (tertiary alicyclic amines) is 1. The summed E-state index contributed by atoms with van der Waals surface area (Å²) in [6.45, 7) is 1.59. The van der Waals surface area contributed by atoms with Gasteiger partial charge in [-0.2, -0.15) is 5.26 Å². The molecule has 0 saturated carbocycles. The van der Waals surface area contributed by atoms with Crippen LogP contribution in [0, 0.1) is 11.3 Å². The first-order valence-electron chi connectivity index (χ1n) is 7.17. The van der Waals surface area contributed by atoms with Crippen LogP contribution >= 0.6 is 0 Å². The van der Waals surface area contributed by atoms with Crippen molar-refractivity contribution in [3.05, 3.63) is 29.3 Å². The topological polar surface area (TPSA) is 73.6 Å². The molecule has 112 valence electrons. The zero-order chi connectivity index (χ0) is 15.2. The van der Waals surface area contributed by atoms with Crippen LogP contribution in [0.25, 0.3) is 0 Å². The lowest BCUT2D eigenvalue weighted by Gasteiger charge is -2.35. The number of methoxy groups -OCH3 is 1. The van der Waals surface area contributed by atoms with Crippen molar-refractivity contribution in [3.8, 4) is 11.8 Å². The second-order valence-corrected chi connectivity index (χ2v) is 5.36. The third kappa shape index (κ3) is 3.96. The van der Waals surface area contributed by atoms with E-state index in [4.69, 9.17) is 15.1 Å². The molecule has 1 aliphatic rings. The fraction of sp³-hybridized carbons (Fsp3) is 0.500. The van der Waals surface area contributed by atoms with Crippen molar-refractivity contribution in [2.45, 2.75) is 38.3 Å². The highest BCUT2D eigenvalue weighted by Crippen LogP contribution is 2.24. The lowest BCUT2D eigenvalue weighted by molar-refractivity contribution is -0.138. The second kappa shape index (κ2) is 7.09. The number of carboxylic acids is 1. The highest BCUT2D eigenvalue weighted by molar-refractivity contribution is 5.67. The van der Waals surface area contributed by atoms with Crippen molar-refractivity contribution in [1.29, 1.82) is 5.26 Å². The number of hydrogen-bond acceptors (Lipinski definition) is 4. The van der Waals surface area contributed by atoms with Crippen LogP contribution in [0.5, 0.6) is 5.75 Å². The first kappa shape index (κ1) is 15.3. The van der Waals surface area contributed by atoms with Gasteiger partial charge in [-0.05, 0) is 37.1 Å². The lowest BCUT2D eigenvalue weighted by atomic mass is 9.98. The molecule has 21 heavy (non-hydrogen) atoms. The Hall–Kier alpha value is -2.06. The lowest BCUT2D eigenvalue weighted by Crippen LogP contribution is -2.40. The van der Waals surface area contributed by atoms with Crippen molar-refractivity contribution in [1.82, 2.24) is 4.90 Å². The molecule has 2 rings (SSSR count). The summed E-state index contributed by atoms with van der Waals surface area (Å²) in [5.74, 6) is -0.179. The number of nitriles is 1. The van der Waals surface area contributed by atoms with E-state index < -0.39 is 5.97 Å². The molecular weight excluding hydrogens is 268 g/mol. The van der Waals surface area contributed by atoms with Crippen molar-refractivity contribution < 1.29 is 14.6 Å². The van der Waals surface area contributed by atoms with E-state index >= 15 is 0 Å². The molecule has 1 N–H and O–H groups in total. The smallest absolute Gasteiger partial charge is 0.304 e. The van der Waals surface area contributed by atoms with Gasteiger partial charge in [0.25, 0.3) is 0 Å². The Morgan fingerprint density at radius 3 is 3.00 bits per heavy atom. The molecule has 5 nitrogen and oxygen atoms in total. The Balaban J connectivity index is 2.12. The highest BCUT2D eigenvalue weighted by atomic mass is 16.5. The second-order valence-electron chi connectivity index (χ2n) is 5.36. The molecule has 0 radical (unpaired) electrons. The monoisotopic (exact) mass is 288 g/mol. The van der Waals surface area contributed by atoms with Gasteiger partial charge in [0.15, 0.2) is 0 Å². The van der Waals surface area contributed by atoms with E-state index in [0.717, 1.165) is 31.4 Å². The van der Waals surface area contributed by atoms with E-state index in [0.29, 0.717) is 17.9 Å².